The molecular formula is C16H21NO2. The van der Waals surface area contributed by atoms with Crippen molar-refractivity contribution >= 4 is 11.6 Å². The molecule has 0 saturated heterocycles. The van der Waals surface area contributed by atoms with Crippen molar-refractivity contribution in [1.82, 2.24) is 0 Å². The Morgan fingerprint density at radius 2 is 2.00 bits per heavy atom. The molecule has 2 aliphatic rings. The molecule has 19 heavy (non-hydrogen) atoms. The smallest absolute Gasteiger partial charge is 0.230 e. The van der Waals surface area contributed by atoms with Crippen LogP contribution in [0.1, 0.15) is 43.2 Å². The molecule has 0 aliphatic heterocycles. The van der Waals surface area contributed by atoms with Gasteiger partial charge >= 0.3 is 0 Å². The highest BCUT2D eigenvalue weighted by atomic mass is 16.3. The lowest BCUT2D eigenvalue weighted by Crippen LogP contribution is -2.29. The van der Waals surface area contributed by atoms with Crippen LogP contribution < -0.4 is 5.32 Å². The van der Waals surface area contributed by atoms with Crippen LogP contribution in [0.25, 0.3) is 0 Å². The van der Waals surface area contributed by atoms with Gasteiger partial charge in [-0.25, -0.2) is 0 Å². The van der Waals surface area contributed by atoms with E-state index in [1.807, 2.05) is 12.1 Å². The summed E-state index contributed by atoms with van der Waals surface area (Å²) in [5, 5.41) is 12.9. The number of hydrogen-bond donors (Lipinski definition) is 2. The van der Waals surface area contributed by atoms with Crippen molar-refractivity contribution in [2.45, 2.75) is 51.0 Å². The van der Waals surface area contributed by atoms with Gasteiger partial charge in [-0.1, -0.05) is 12.1 Å². The standard InChI is InChI=1S/C16H21NO2/c18-15-10-4-8-13(15)16(19)17-14-9-3-6-11-5-1-2-7-12(11)14/h3,6,9,13,15,18H,1-2,4-5,7-8,10H2,(H,17,19). The summed E-state index contributed by atoms with van der Waals surface area (Å²) < 4.78 is 0. The number of carbonyl (C=O) groups excluding carboxylic acids is 1. The Morgan fingerprint density at radius 3 is 2.79 bits per heavy atom. The second kappa shape index (κ2) is 5.33. The summed E-state index contributed by atoms with van der Waals surface area (Å²) in [7, 11) is 0. The van der Waals surface area contributed by atoms with Crippen LogP contribution in [0.2, 0.25) is 0 Å². The van der Waals surface area contributed by atoms with Crippen molar-refractivity contribution in [2.24, 2.45) is 5.92 Å². The zero-order valence-corrected chi connectivity index (χ0v) is 11.2. The van der Waals surface area contributed by atoms with E-state index in [-0.39, 0.29) is 11.8 Å². The third-order valence-electron chi connectivity index (χ3n) is 4.47. The van der Waals surface area contributed by atoms with Gasteiger partial charge in [0.2, 0.25) is 5.91 Å². The monoisotopic (exact) mass is 259 g/mol. The molecule has 0 spiro atoms. The number of nitrogens with one attached hydrogen (secondary N) is 1. The van der Waals surface area contributed by atoms with E-state index in [4.69, 9.17) is 0 Å². The number of fused-ring (bicyclic) bond motifs is 1. The zero-order valence-electron chi connectivity index (χ0n) is 11.2. The summed E-state index contributed by atoms with van der Waals surface area (Å²) in [6.45, 7) is 0. The van der Waals surface area contributed by atoms with Crippen LogP contribution in [-0.4, -0.2) is 17.1 Å². The number of carbonyl (C=O) groups is 1. The van der Waals surface area contributed by atoms with Gasteiger partial charge in [0, 0.05) is 5.69 Å². The topological polar surface area (TPSA) is 49.3 Å². The first-order valence-electron chi connectivity index (χ1n) is 7.35. The Hall–Kier alpha value is -1.35. The third-order valence-corrected chi connectivity index (χ3v) is 4.47. The summed E-state index contributed by atoms with van der Waals surface area (Å²) in [4.78, 5) is 12.2. The zero-order chi connectivity index (χ0) is 13.2. The fraction of sp³-hybridized carbons (Fsp3) is 0.562. The van der Waals surface area contributed by atoms with Crippen molar-refractivity contribution in [2.75, 3.05) is 5.32 Å². The molecular weight excluding hydrogens is 238 g/mol. The Morgan fingerprint density at radius 1 is 1.16 bits per heavy atom. The molecule has 1 aromatic rings. The molecule has 102 valence electrons. The Balaban J connectivity index is 1.78. The van der Waals surface area contributed by atoms with Gasteiger partial charge in [-0.15, -0.1) is 0 Å². The lowest BCUT2D eigenvalue weighted by molar-refractivity contribution is -0.122. The van der Waals surface area contributed by atoms with Crippen molar-refractivity contribution in [3.05, 3.63) is 29.3 Å². The maximum absolute atomic E-state index is 12.2. The second-order valence-electron chi connectivity index (χ2n) is 5.74. The Kier molecular flexibility index (Phi) is 3.56. The van der Waals surface area contributed by atoms with Crippen LogP contribution in [0.3, 0.4) is 0 Å². The number of rotatable bonds is 2. The SMILES string of the molecule is O=C(Nc1cccc2c1CCCC2)C1CCCC1O. The molecule has 0 radical (unpaired) electrons. The largest absolute Gasteiger partial charge is 0.392 e. The number of anilines is 1. The van der Waals surface area contributed by atoms with E-state index in [9.17, 15) is 9.90 Å². The van der Waals surface area contributed by atoms with Crippen LogP contribution in [-0.2, 0) is 17.6 Å². The van der Waals surface area contributed by atoms with Crippen LogP contribution in [0.4, 0.5) is 5.69 Å². The van der Waals surface area contributed by atoms with Crippen LogP contribution in [0.15, 0.2) is 18.2 Å². The van der Waals surface area contributed by atoms with E-state index in [1.165, 1.54) is 24.0 Å². The summed E-state index contributed by atoms with van der Waals surface area (Å²) in [6.07, 6.45) is 6.67. The summed E-state index contributed by atoms with van der Waals surface area (Å²) in [5.41, 5.74) is 3.63. The normalized spacial score (nSPS) is 25.9. The van der Waals surface area contributed by atoms with Gasteiger partial charge in [0.25, 0.3) is 0 Å². The molecule has 1 fully saturated rings. The van der Waals surface area contributed by atoms with Gasteiger partial charge in [0.1, 0.15) is 0 Å². The summed E-state index contributed by atoms with van der Waals surface area (Å²) >= 11 is 0. The fourth-order valence-corrected chi connectivity index (χ4v) is 3.37. The van der Waals surface area contributed by atoms with Gasteiger partial charge < -0.3 is 10.4 Å². The van der Waals surface area contributed by atoms with Gasteiger partial charge in [-0.05, 0) is 62.1 Å². The lowest BCUT2D eigenvalue weighted by Gasteiger charge is -2.21. The van der Waals surface area contributed by atoms with Crippen molar-refractivity contribution in [3.63, 3.8) is 0 Å². The quantitative estimate of drug-likeness (QED) is 0.858. The Bertz CT molecular complexity index is 484. The molecule has 1 amide bonds. The average molecular weight is 259 g/mol. The summed E-state index contributed by atoms with van der Waals surface area (Å²) in [6, 6.07) is 6.17. The number of amides is 1. The molecule has 0 heterocycles. The van der Waals surface area contributed by atoms with Crippen molar-refractivity contribution < 1.29 is 9.90 Å². The van der Waals surface area contributed by atoms with Gasteiger partial charge in [-0.2, -0.15) is 0 Å². The van der Waals surface area contributed by atoms with Gasteiger partial charge in [0.05, 0.1) is 12.0 Å². The number of benzene rings is 1. The average Bonchev–Trinajstić information content (AvgIpc) is 2.85. The van der Waals surface area contributed by atoms with Crippen molar-refractivity contribution in [3.8, 4) is 0 Å². The number of aliphatic hydroxyl groups excluding tert-OH is 1. The fourth-order valence-electron chi connectivity index (χ4n) is 3.37. The molecule has 2 atom stereocenters. The van der Waals surface area contributed by atoms with E-state index in [2.05, 4.69) is 11.4 Å². The van der Waals surface area contributed by atoms with E-state index in [0.29, 0.717) is 0 Å². The highest BCUT2D eigenvalue weighted by Gasteiger charge is 2.31. The molecule has 0 aromatic heterocycles. The maximum Gasteiger partial charge on any atom is 0.230 e. The molecule has 3 heteroatoms. The van der Waals surface area contributed by atoms with Crippen LogP contribution in [0.5, 0.6) is 0 Å². The highest BCUT2D eigenvalue weighted by molar-refractivity contribution is 5.94. The van der Waals surface area contributed by atoms with Crippen LogP contribution in [0, 0.1) is 5.92 Å². The Labute approximate surface area is 114 Å². The lowest BCUT2D eigenvalue weighted by atomic mass is 9.90. The molecule has 1 aromatic carbocycles. The molecule has 2 unspecified atom stereocenters. The predicted molar refractivity (Wildman–Crippen MR) is 75.1 cm³/mol. The van der Waals surface area contributed by atoms with E-state index >= 15 is 0 Å². The molecule has 2 N–H and O–H groups in total. The van der Waals surface area contributed by atoms with Crippen molar-refractivity contribution in [1.29, 1.82) is 0 Å². The first kappa shape index (κ1) is 12.7. The predicted octanol–water partition coefficient (Wildman–Crippen LogP) is 2.66. The van der Waals surface area contributed by atoms with E-state index in [1.54, 1.807) is 0 Å². The number of aliphatic hydroxyl groups is 1. The third kappa shape index (κ3) is 2.52. The minimum Gasteiger partial charge on any atom is -0.392 e. The molecule has 3 nitrogen and oxygen atoms in total. The molecule has 3 rings (SSSR count). The molecule has 2 aliphatic carbocycles. The molecule has 0 bridgehead atoms. The van der Waals surface area contributed by atoms with Crippen LogP contribution >= 0.6 is 0 Å². The van der Waals surface area contributed by atoms with Gasteiger partial charge in [-0.3, -0.25) is 4.79 Å². The number of aryl methyl sites for hydroxylation is 1. The van der Waals surface area contributed by atoms with Gasteiger partial charge in [0.15, 0.2) is 0 Å². The second-order valence-corrected chi connectivity index (χ2v) is 5.74. The van der Waals surface area contributed by atoms with E-state index < -0.39 is 6.10 Å². The first-order valence-corrected chi connectivity index (χ1v) is 7.35. The van der Waals surface area contributed by atoms with E-state index in [0.717, 1.165) is 37.8 Å². The minimum atomic E-state index is -0.459. The minimum absolute atomic E-state index is 0.0102. The number of hydrogen-bond acceptors (Lipinski definition) is 2. The molecule has 1 saturated carbocycles. The highest BCUT2D eigenvalue weighted by Crippen LogP contribution is 2.30. The summed E-state index contributed by atoms with van der Waals surface area (Å²) in [5.74, 6) is -0.233. The first-order chi connectivity index (χ1) is 9.25. The maximum atomic E-state index is 12.2.